The van der Waals surface area contributed by atoms with Gasteiger partial charge in [-0.25, -0.2) is 4.39 Å². The zero-order chi connectivity index (χ0) is 19.6. The van der Waals surface area contributed by atoms with E-state index in [1.165, 1.54) is 23.3 Å². The summed E-state index contributed by atoms with van der Waals surface area (Å²) < 4.78 is 19.3. The molecular weight excluding hydrogens is 355 g/mol. The molecular formula is C23H27FN2O2. The fourth-order valence-corrected chi connectivity index (χ4v) is 4.13. The van der Waals surface area contributed by atoms with Crippen molar-refractivity contribution in [3.8, 4) is 0 Å². The van der Waals surface area contributed by atoms with Gasteiger partial charge in [0.25, 0.3) is 5.91 Å². The topological polar surface area (TPSA) is 32.8 Å². The summed E-state index contributed by atoms with van der Waals surface area (Å²) >= 11 is 0. The summed E-state index contributed by atoms with van der Waals surface area (Å²) in [5.74, 6) is -0.352. The van der Waals surface area contributed by atoms with Gasteiger partial charge in [-0.05, 0) is 54.7 Å². The van der Waals surface area contributed by atoms with Crippen LogP contribution in [0.1, 0.15) is 30.9 Å². The molecule has 5 heteroatoms. The van der Waals surface area contributed by atoms with Gasteiger partial charge < -0.3 is 9.64 Å². The van der Waals surface area contributed by atoms with Crippen LogP contribution < -0.4 is 4.90 Å². The zero-order valence-corrected chi connectivity index (χ0v) is 16.4. The number of ether oxygens (including phenoxy) is 1. The van der Waals surface area contributed by atoms with E-state index in [9.17, 15) is 9.18 Å². The van der Waals surface area contributed by atoms with Crippen LogP contribution in [0.15, 0.2) is 48.5 Å². The monoisotopic (exact) mass is 382 g/mol. The first-order valence-corrected chi connectivity index (χ1v) is 10.1. The van der Waals surface area contributed by atoms with E-state index in [1.807, 2.05) is 0 Å². The number of carbonyl (C=O) groups excluding carboxylic acids is 1. The molecule has 0 atom stereocenters. The van der Waals surface area contributed by atoms with Gasteiger partial charge in [0.05, 0.1) is 12.1 Å². The number of hydrogen-bond acceptors (Lipinski definition) is 3. The molecule has 0 radical (unpaired) electrons. The van der Waals surface area contributed by atoms with Gasteiger partial charge in [-0.2, -0.15) is 0 Å². The molecule has 4 rings (SSSR count). The van der Waals surface area contributed by atoms with Crippen LogP contribution in [0.4, 0.5) is 10.1 Å². The molecule has 4 nitrogen and oxygen atoms in total. The third-order valence-electron chi connectivity index (χ3n) is 5.99. The second-order valence-electron chi connectivity index (χ2n) is 7.87. The quantitative estimate of drug-likeness (QED) is 0.807. The average Bonchev–Trinajstić information content (AvgIpc) is 2.73. The summed E-state index contributed by atoms with van der Waals surface area (Å²) in [7, 11) is 0. The first-order valence-electron chi connectivity index (χ1n) is 10.1. The van der Waals surface area contributed by atoms with Crippen LogP contribution in [0.2, 0.25) is 0 Å². The van der Waals surface area contributed by atoms with Crippen molar-refractivity contribution in [3.05, 3.63) is 65.5 Å². The molecule has 1 spiro atoms. The molecule has 0 aromatic heterocycles. The molecule has 0 bridgehead atoms. The molecule has 1 amide bonds. The second kappa shape index (κ2) is 8.02. The smallest absolute Gasteiger partial charge is 0.253 e. The van der Waals surface area contributed by atoms with Gasteiger partial charge in [0.15, 0.2) is 0 Å². The van der Waals surface area contributed by atoms with Gasteiger partial charge in [-0.1, -0.05) is 31.2 Å². The highest BCUT2D eigenvalue weighted by molar-refractivity contribution is 5.95. The average molecular weight is 382 g/mol. The Kier molecular flexibility index (Phi) is 5.47. The van der Waals surface area contributed by atoms with E-state index in [4.69, 9.17) is 4.74 Å². The third kappa shape index (κ3) is 4.10. The second-order valence-corrected chi connectivity index (χ2v) is 7.87. The number of nitrogens with zero attached hydrogens (tertiary/aromatic N) is 2. The number of piperidine rings is 1. The summed E-state index contributed by atoms with van der Waals surface area (Å²) in [5, 5.41) is 0. The Morgan fingerprint density at radius 3 is 2.29 bits per heavy atom. The number of anilines is 1. The predicted molar refractivity (Wildman–Crippen MR) is 108 cm³/mol. The van der Waals surface area contributed by atoms with Crippen molar-refractivity contribution in [2.45, 2.75) is 38.3 Å². The van der Waals surface area contributed by atoms with E-state index in [0.29, 0.717) is 6.54 Å². The van der Waals surface area contributed by atoms with Crippen molar-refractivity contribution in [1.82, 2.24) is 4.90 Å². The highest BCUT2D eigenvalue weighted by Crippen LogP contribution is 2.33. The maximum atomic E-state index is 13.2. The molecule has 2 fully saturated rings. The van der Waals surface area contributed by atoms with Gasteiger partial charge in [-0.3, -0.25) is 9.69 Å². The standard InChI is InChI=1S/C23H27FN2O2/c1-2-18-3-5-19(6-4-18)15-25-13-11-23(12-14-25)17-26(22(27)16-28-23)21-9-7-20(24)8-10-21/h3-10H,2,11-17H2,1H3. The lowest BCUT2D eigenvalue weighted by atomic mass is 9.88. The molecule has 2 aromatic rings. The molecule has 0 aliphatic carbocycles. The van der Waals surface area contributed by atoms with Crippen molar-refractivity contribution in [1.29, 1.82) is 0 Å². The molecule has 148 valence electrons. The molecule has 2 heterocycles. The lowest BCUT2D eigenvalue weighted by Gasteiger charge is -2.47. The number of likely N-dealkylation sites (tertiary alicyclic amines) is 1. The van der Waals surface area contributed by atoms with Crippen molar-refractivity contribution < 1.29 is 13.9 Å². The SMILES string of the molecule is CCc1ccc(CN2CCC3(CC2)CN(c2ccc(F)cc2)C(=O)CO3)cc1. The lowest BCUT2D eigenvalue weighted by molar-refractivity contribution is -0.144. The third-order valence-corrected chi connectivity index (χ3v) is 5.99. The van der Waals surface area contributed by atoms with Gasteiger partial charge >= 0.3 is 0 Å². The molecule has 2 saturated heterocycles. The van der Waals surface area contributed by atoms with E-state index in [0.717, 1.165) is 44.6 Å². The number of carbonyl (C=O) groups is 1. The fraction of sp³-hybridized carbons (Fsp3) is 0.435. The van der Waals surface area contributed by atoms with Crippen molar-refractivity contribution in [2.24, 2.45) is 0 Å². The van der Waals surface area contributed by atoms with Gasteiger partial charge in [-0.15, -0.1) is 0 Å². The number of morpholine rings is 1. The van der Waals surface area contributed by atoms with E-state index in [1.54, 1.807) is 17.0 Å². The minimum atomic E-state index is -0.301. The maximum Gasteiger partial charge on any atom is 0.253 e. The Hall–Kier alpha value is -2.24. The van der Waals surface area contributed by atoms with Crippen LogP contribution in [0.25, 0.3) is 0 Å². The normalized spacial score (nSPS) is 19.9. The summed E-state index contributed by atoms with van der Waals surface area (Å²) in [6.07, 6.45) is 2.85. The molecule has 0 saturated carbocycles. The summed E-state index contributed by atoms with van der Waals surface area (Å²) in [4.78, 5) is 16.6. The zero-order valence-electron chi connectivity index (χ0n) is 16.4. The van der Waals surface area contributed by atoms with Gasteiger partial charge in [0, 0.05) is 25.3 Å². The fourth-order valence-electron chi connectivity index (χ4n) is 4.13. The van der Waals surface area contributed by atoms with E-state index >= 15 is 0 Å². The maximum absolute atomic E-state index is 13.2. The summed E-state index contributed by atoms with van der Waals surface area (Å²) in [5.41, 5.74) is 3.14. The van der Waals surface area contributed by atoms with Crippen molar-refractivity contribution >= 4 is 11.6 Å². The van der Waals surface area contributed by atoms with Crippen molar-refractivity contribution in [2.75, 3.05) is 31.1 Å². The van der Waals surface area contributed by atoms with Crippen molar-refractivity contribution in [3.63, 3.8) is 0 Å². The Morgan fingerprint density at radius 1 is 1.00 bits per heavy atom. The minimum Gasteiger partial charge on any atom is -0.363 e. The van der Waals surface area contributed by atoms with Crippen LogP contribution in [-0.2, 0) is 22.5 Å². The molecule has 0 unspecified atom stereocenters. The summed E-state index contributed by atoms with van der Waals surface area (Å²) in [6, 6.07) is 15.0. The number of rotatable bonds is 4. The molecule has 28 heavy (non-hydrogen) atoms. The highest BCUT2D eigenvalue weighted by atomic mass is 19.1. The molecule has 2 aromatic carbocycles. The predicted octanol–water partition coefficient (Wildman–Crippen LogP) is 3.79. The van der Waals surface area contributed by atoms with Crippen LogP contribution in [0, 0.1) is 5.82 Å². The van der Waals surface area contributed by atoms with Crippen LogP contribution >= 0.6 is 0 Å². The lowest BCUT2D eigenvalue weighted by Crippen LogP contribution is -2.58. The number of benzene rings is 2. The first kappa shape index (κ1) is 19.1. The number of amides is 1. The first-order chi connectivity index (χ1) is 13.6. The Labute approximate surface area is 165 Å². The highest BCUT2D eigenvalue weighted by Gasteiger charge is 2.42. The largest absolute Gasteiger partial charge is 0.363 e. The Balaban J connectivity index is 1.38. The Morgan fingerprint density at radius 2 is 1.64 bits per heavy atom. The number of aryl methyl sites for hydroxylation is 1. The van der Waals surface area contributed by atoms with Crippen LogP contribution in [-0.4, -0.2) is 42.6 Å². The number of hydrogen-bond donors (Lipinski definition) is 0. The van der Waals surface area contributed by atoms with Gasteiger partial charge in [0.2, 0.25) is 0 Å². The molecule has 2 aliphatic heterocycles. The molecule has 2 aliphatic rings. The van der Waals surface area contributed by atoms with Crippen LogP contribution in [0.3, 0.4) is 0 Å². The number of halogens is 1. The van der Waals surface area contributed by atoms with Gasteiger partial charge in [0.1, 0.15) is 12.4 Å². The van der Waals surface area contributed by atoms with E-state index in [-0.39, 0.29) is 23.9 Å². The summed E-state index contributed by atoms with van der Waals surface area (Å²) in [6.45, 7) is 5.64. The Bertz CT molecular complexity index is 812. The molecule has 0 N–H and O–H groups in total. The van der Waals surface area contributed by atoms with E-state index in [2.05, 4.69) is 36.1 Å². The minimum absolute atomic E-state index is 0.0596. The van der Waals surface area contributed by atoms with Crippen LogP contribution in [0.5, 0.6) is 0 Å². The van der Waals surface area contributed by atoms with E-state index < -0.39 is 0 Å².